The first-order chi connectivity index (χ1) is 9.84. The molecule has 0 aliphatic carbocycles. The molecule has 20 heavy (non-hydrogen) atoms. The molecular weight excluding hydrogens is 246 g/mol. The number of fused-ring (bicyclic) bond motifs is 1. The zero-order chi connectivity index (χ0) is 13.8. The minimum Gasteiger partial charge on any atom is -0.383 e. The van der Waals surface area contributed by atoms with Gasteiger partial charge in [0.15, 0.2) is 0 Å². The molecule has 98 valence electrons. The van der Waals surface area contributed by atoms with Gasteiger partial charge < -0.3 is 5.73 Å². The molecule has 0 aliphatic heterocycles. The largest absolute Gasteiger partial charge is 0.383 e. The third-order valence-electron chi connectivity index (χ3n) is 3.21. The van der Waals surface area contributed by atoms with Crippen molar-refractivity contribution >= 4 is 16.7 Å². The standard InChI is InChI=1S/C17H15N3/c18-17(14-6-2-1-3-7-14)20-12-15-9-4-8-13-10-5-11-19-16(13)15/h1-11H,12H2,(H2,18,20). The van der Waals surface area contributed by atoms with Crippen LogP contribution in [0.1, 0.15) is 11.1 Å². The molecule has 0 bridgehead atoms. The number of nitrogens with two attached hydrogens (primary N) is 1. The molecule has 0 atom stereocenters. The summed E-state index contributed by atoms with van der Waals surface area (Å²) in [6.45, 7) is 0.537. The Kier molecular flexibility index (Phi) is 3.42. The van der Waals surface area contributed by atoms with Gasteiger partial charge in [-0.05, 0) is 11.6 Å². The summed E-state index contributed by atoms with van der Waals surface area (Å²) in [7, 11) is 0. The first-order valence-electron chi connectivity index (χ1n) is 6.52. The molecule has 0 radical (unpaired) electrons. The molecule has 3 rings (SSSR count). The molecule has 2 N–H and O–H groups in total. The van der Waals surface area contributed by atoms with E-state index in [1.165, 1.54) is 0 Å². The summed E-state index contributed by atoms with van der Waals surface area (Å²) >= 11 is 0. The number of nitrogens with zero attached hydrogens (tertiary/aromatic N) is 2. The van der Waals surface area contributed by atoms with E-state index in [1.807, 2.05) is 48.5 Å². The third-order valence-corrected chi connectivity index (χ3v) is 3.21. The van der Waals surface area contributed by atoms with Crippen molar-refractivity contribution in [2.24, 2.45) is 10.7 Å². The minimum absolute atomic E-state index is 0.537. The average molecular weight is 261 g/mol. The number of rotatable bonds is 3. The maximum absolute atomic E-state index is 6.02. The highest BCUT2D eigenvalue weighted by Gasteiger charge is 2.02. The molecule has 1 aromatic heterocycles. The number of hydrogen-bond donors (Lipinski definition) is 1. The Balaban J connectivity index is 1.91. The number of hydrogen-bond acceptors (Lipinski definition) is 2. The van der Waals surface area contributed by atoms with Crippen LogP contribution in [-0.4, -0.2) is 10.8 Å². The van der Waals surface area contributed by atoms with E-state index in [-0.39, 0.29) is 0 Å². The normalized spacial score (nSPS) is 11.7. The smallest absolute Gasteiger partial charge is 0.125 e. The van der Waals surface area contributed by atoms with Crippen molar-refractivity contribution in [1.82, 2.24) is 4.98 Å². The lowest BCUT2D eigenvalue weighted by atomic mass is 10.1. The summed E-state index contributed by atoms with van der Waals surface area (Å²) in [5.74, 6) is 0.554. The highest BCUT2D eigenvalue weighted by molar-refractivity contribution is 5.97. The van der Waals surface area contributed by atoms with Crippen LogP contribution in [-0.2, 0) is 6.54 Å². The number of amidine groups is 1. The van der Waals surface area contributed by atoms with Gasteiger partial charge in [0, 0.05) is 17.1 Å². The summed E-state index contributed by atoms with van der Waals surface area (Å²) in [4.78, 5) is 8.89. The molecule has 0 unspecified atom stereocenters. The topological polar surface area (TPSA) is 51.3 Å². The summed E-state index contributed by atoms with van der Waals surface area (Å²) in [6.07, 6.45) is 1.80. The van der Waals surface area contributed by atoms with Gasteiger partial charge in [-0.1, -0.05) is 54.6 Å². The van der Waals surface area contributed by atoms with Crippen LogP contribution in [0.4, 0.5) is 0 Å². The third kappa shape index (κ3) is 2.52. The number of para-hydroxylation sites is 1. The Labute approximate surface area is 117 Å². The number of benzene rings is 2. The van der Waals surface area contributed by atoms with E-state index in [2.05, 4.69) is 22.1 Å². The van der Waals surface area contributed by atoms with Crippen molar-refractivity contribution < 1.29 is 0 Å². The maximum Gasteiger partial charge on any atom is 0.125 e. The second kappa shape index (κ2) is 5.53. The molecule has 0 amide bonds. The second-order valence-electron chi connectivity index (χ2n) is 4.56. The van der Waals surface area contributed by atoms with Gasteiger partial charge in [-0.25, -0.2) is 0 Å². The van der Waals surface area contributed by atoms with E-state index in [4.69, 9.17) is 5.73 Å². The lowest BCUT2D eigenvalue weighted by Gasteiger charge is -2.04. The lowest BCUT2D eigenvalue weighted by Crippen LogP contribution is -2.13. The molecule has 1 heterocycles. The molecule has 0 fully saturated rings. The minimum atomic E-state index is 0.537. The van der Waals surface area contributed by atoms with E-state index in [1.54, 1.807) is 6.20 Å². The monoisotopic (exact) mass is 261 g/mol. The van der Waals surface area contributed by atoms with Crippen molar-refractivity contribution in [3.8, 4) is 0 Å². The van der Waals surface area contributed by atoms with Crippen molar-refractivity contribution in [3.05, 3.63) is 78.0 Å². The van der Waals surface area contributed by atoms with Gasteiger partial charge in [0.1, 0.15) is 5.84 Å². The molecular formula is C17H15N3. The summed E-state index contributed by atoms with van der Waals surface area (Å²) < 4.78 is 0. The molecule has 3 nitrogen and oxygen atoms in total. The van der Waals surface area contributed by atoms with Crippen molar-refractivity contribution in [1.29, 1.82) is 0 Å². The molecule has 0 aliphatic rings. The second-order valence-corrected chi connectivity index (χ2v) is 4.56. The summed E-state index contributed by atoms with van der Waals surface area (Å²) in [6, 6.07) is 19.9. The van der Waals surface area contributed by atoms with Gasteiger partial charge in [-0.15, -0.1) is 0 Å². The molecule has 0 saturated heterocycles. The van der Waals surface area contributed by atoms with Crippen LogP contribution >= 0.6 is 0 Å². The van der Waals surface area contributed by atoms with Crippen LogP contribution < -0.4 is 5.73 Å². The Morgan fingerprint density at radius 1 is 0.950 bits per heavy atom. The fourth-order valence-corrected chi connectivity index (χ4v) is 2.17. The van der Waals surface area contributed by atoms with Crippen LogP contribution in [0.25, 0.3) is 10.9 Å². The Hall–Kier alpha value is -2.68. The number of pyridine rings is 1. The van der Waals surface area contributed by atoms with Crippen LogP contribution in [0, 0.1) is 0 Å². The first-order valence-corrected chi connectivity index (χ1v) is 6.52. The maximum atomic E-state index is 6.02. The van der Waals surface area contributed by atoms with Gasteiger partial charge in [0.05, 0.1) is 12.1 Å². The van der Waals surface area contributed by atoms with E-state index >= 15 is 0 Å². The molecule has 0 spiro atoms. The van der Waals surface area contributed by atoms with E-state index in [0.717, 1.165) is 22.0 Å². The molecule has 2 aromatic carbocycles. The van der Waals surface area contributed by atoms with Crippen LogP contribution in [0.3, 0.4) is 0 Å². The van der Waals surface area contributed by atoms with Crippen LogP contribution in [0.5, 0.6) is 0 Å². The lowest BCUT2D eigenvalue weighted by molar-refractivity contribution is 1.07. The van der Waals surface area contributed by atoms with E-state index < -0.39 is 0 Å². The average Bonchev–Trinajstić information content (AvgIpc) is 2.53. The van der Waals surface area contributed by atoms with Gasteiger partial charge in [0.25, 0.3) is 0 Å². The first kappa shape index (κ1) is 12.4. The fourth-order valence-electron chi connectivity index (χ4n) is 2.17. The summed E-state index contributed by atoms with van der Waals surface area (Å²) in [5, 5.41) is 1.12. The SMILES string of the molecule is NC(=NCc1cccc2cccnc12)c1ccccc1. The van der Waals surface area contributed by atoms with E-state index in [0.29, 0.717) is 12.4 Å². The van der Waals surface area contributed by atoms with Crippen molar-refractivity contribution in [2.45, 2.75) is 6.54 Å². The van der Waals surface area contributed by atoms with Crippen LogP contribution in [0.15, 0.2) is 71.9 Å². The quantitative estimate of drug-likeness (QED) is 0.581. The predicted octanol–water partition coefficient (Wildman–Crippen LogP) is 3.14. The predicted molar refractivity (Wildman–Crippen MR) is 82.6 cm³/mol. The zero-order valence-corrected chi connectivity index (χ0v) is 11.0. The molecule has 3 heteroatoms. The Morgan fingerprint density at radius 3 is 2.60 bits per heavy atom. The highest BCUT2D eigenvalue weighted by Crippen LogP contribution is 2.16. The molecule has 3 aromatic rings. The van der Waals surface area contributed by atoms with Gasteiger partial charge in [-0.3, -0.25) is 9.98 Å². The van der Waals surface area contributed by atoms with E-state index in [9.17, 15) is 0 Å². The van der Waals surface area contributed by atoms with Crippen LogP contribution in [0.2, 0.25) is 0 Å². The zero-order valence-electron chi connectivity index (χ0n) is 11.0. The fraction of sp³-hybridized carbons (Fsp3) is 0.0588. The van der Waals surface area contributed by atoms with Crippen molar-refractivity contribution in [2.75, 3.05) is 0 Å². The summed E-state index contributed by atoms with van der Waals surface area (Å²) in [5.41, 5.74) is 9.03. The molecule has 0 saturated carbocycles. The Morgan fingerprint density at radius 2 is 1.75 bits per heavy atom. The number of aromatic nitrogens is 1. The number of aliphatic imine (C=N–C) groups is 1. The van der Waals surface area contributed by atoms with Gasteiger partial charge in [-0.2, -0.15) is 0 Å². The Bertz CT molecular complexity index is 743. The highest BCUT2D eigenvalue weighted by atomic mass is 14.9. The van der Waals surface area contributed by atoms with Gasteiger partial charge in [0.2, 0.25) is 0 Å². The van der Waals surface area contributed by atoms with Crippen molar-refractivity contribution in [3.63, 3.8) is 0 Å². The van der Waals surface area contributed by atoms with Gasteiger partial charge >= 0.3 is 0 Å².